The summed E-state index contributed by atoms with van der Waals surface area (Å²) >= 11 is 0. The maximum atomic E-state index is 2.36. The van der Waals surface area contributed by atoms with E-state index in [9.17, 15) is 0 Å². The van der Waals surface area contributed by atoms with Crippen LogP contribution in [-0.2, 0) is 0 Å². The fourth-order valence-electron chi connectivity index (χ4n) is 7.55. The zero-order valence-corrected chi connectivity index (χ0v) is 22.9. The first kappa shape index (κ1) is 22.3. The van der Waals surface area contributed by atoms with E-state index in [1.807, 2.05) is 0 Å². The van der Waals surface area contributed by atoms with Crippen LogP contribution in [0.4, 0.5) is 0 Å². The minimum Gasteiger partial charge on any atom is -0.0610 e. The summed E-state index contributed by atoms with van der Waals surface area (Å²) in [5, 5.41) is 18.5. The molecular weight excluding hydrogens is 504 g/mol. The summed E-state index contributed by atoms with van der Waals surface area (Å²) in [4.78, 5) is 0. The molecule has 0 heterocycles. The molecule has 0 amide bonds. The molecule has 10 aromatic rings. The van der Waals surface area contributed by atoms with E-state index < -0.39 is 0 Å². The van der Waals surface area contributed by atoms with Crippen LogP contribution in [-0.4, -0.2) is 0 Å². The highest BCUT2D eigenvalue weighted by atomic mass is 14.2. The zero-order valence-electron chi connectivity index (χ0n) is 22.9. The normalized spacial score (nSPS) is 12.3. The van der Waals surface area contributed by atoms with Crippen molar-refractivity contribution in [2.24, 2.45) is 0 Å². The van der Waals surface area contributed by atoms with Gasteiger partial charge in [-0.15, -0.1) is 0 Å². The lowest BCUT2D eigenvalue weighted by atomic mass is 9.88. The van der Waals surface area contributed by atoms with Crippen molar-refractivity contribution < 1.29 is 0 Å². The Morgan fingerprint density at radius 3 is 1.00 bits per heavy atom. The molecule has 192 valence electrons. The molecule has 0 aliphatic carbocycles. The Hall–Kier alpha value is -5.46. The van der Waals surface area contributed by atoms with E-state index in [1.54, 1.807) is 0 Å². The molecule has 0 heteroatoms. The van der Waals surface area contributed by atoms with Gasteiger partial charge in [0.15, 0.2) is 0 Å². The molecule has 0 N–H and O–H groups in total. The van der Waals surface area contributed by atoms with Crippen molar-refractivity contribution in [1.82, 2.24) is 0 Å². The number of hydrogen-bond donors (Lipinski definition) is 0. The second-order valence-corrected chi connectivity index (χ2v) is 11.7. The predicted molar refractivity (Wildman–Crippen MR) is 182 cm³/mol. The third-order valence-corrected chi connectivity index (χ3v) is 9.52. The molecule has 0 fully saturated rings. The molecule has 0 aromatic heterocycles. The molecule has 0 aliphatic heterocycles. The maximum absolute atomic E-state index is 2.36. The summed E-state index contributed by atoms with van der Waals surface area (Å²) in [6.07, 6.45) is 0. The van der Waals surface area contributed by atoms with Crippen LogP contribution in [0.15, 0.2) is 146 Å². The highest BCUT2D eigenvalue weighted by molar-refractivity contribution is 6.26. The fraction of sp³-hybridized carbons (Fsp3) is 0. The van der Waals surface area contributed by atoms with E-state index in [0.717, 1.165) is 0 Å². The van der Waals surface area contributed by atoms with Crippen molar-refractivity contribution in [3.8, 4) is 22.3 Å². The molecular formula is C42H24. The predicted octanol–water partition coefficient (Wildman–Crippen LogP) is 12.0. The minimum atomic E-state index is 1.26. The summed E-state index contributed by atoms with van der Waals surface area (Å²) in [6, 6.07) is 54.4. The van der Waals surface area contributed by atoms with Crippen molar-refractivity contribution in [1.29, 1.82) is 0 Å². The lowest BCUT2D eigenvalue weighted by Crippen LogP contribution is -1.88. The van der Waals surface area contributed by atoms with Gasteiger partial charge in [0.1, 0.15) is 0 Å². The van der Waals surface area contributed by atoms with Crippen LogP contribution in [0.2, 0.25) is 0 Å². The molecule has 0 saturated heterocycles. The topological polar surface area (TPSA) is 0 Å². The van der Waals surface area contributed by atoms with Crippen LogP contribution in [0.5, 0.6) is 0 Å². The van der Waals surface area contributed by atoms with Crippen LogP contribution in [0, 0.1) is 0 Å². The first-order chi connectivity index (χ1) is 20.8. The first-order valence-electron chi connectivity index (χ1n) is 14.7. The van der Waals surface area contributed by atoms with Crippen molar-refractivity contribution in [3.63, 3.8) is 0 Å². The van der Waals surface area contributed by atoms with Gasteiger partial charge in [0.05, 0.1) is 0 Å². The molecule has 0 spiro atoms. The largest absolute Gasteiger partial charge is 0.0610 e. The average molecular weight is 529 g/mol. The van der Waals surface area contributed by atoms with Gasteiger partial charge in [-0.25, -0.2) is 0 Å². The van der Waals surface area contributed by atoms with Crippen molar-refractivity contribution in [2.75, 3.05) is 0 Å². The summed E-state index contributed by atoms with van der Waals surface area (Å²) in [7, 11) is 0. The summed E-state index contributed by atoms with van der Waals surface area (Å²) < 4.78 is 0. The summed E-state index contributed by atoms with van der Waals surface area (Å²) in [5.74, 6) is 0. The second kappa shape index (κ2) is 8.06. The minimum absolute atomic E-state index is 1.26. The molecule has 0 saturated carbocycles. The zero-order chi connectivity index (χ0) is 27.4. The molecule has 0 bridgehead atoms. The Balaban J connectivity index is 1.14. The SMILES string of the molecule is c1cc2ccc3ccc(-c4ccc5cc(-c6ccc7ccc8cccc9ccc6c7c89)ccc5c4)c4ccc(c1)c2c34. The van der Waals surface area contributed by atoms with E-state index >= 15 is 0 Å². The van der Waals surface area contributed by atoms with Gasteiger partial charge >= 0.3 is 0 Å². The van der Waals surface area contributed by atoms with Crippen LogP contribution >= 0.6 is 0 Å². The molecule has 0 nitrogen and oxygen atoms in total. The molecule has 10 rings (SSSR count). The van der Waals surface area contributed by atoms with Gasteiger partial charge < -0.3 is 0 Å². The van der Waals surface area contributed by atoms with Crippen LogP contribution in [0.1, 0.15) is 0 Å². The van der Waals surface area contributed by atoms with E-state index in [0.29, 0.717) is 0 Å². The van der Waals surface area contributed by atoms with E-state index in [2.05, 4.69) is 146 Å². The van der Waals surface area contributed by atoms with Crippen molar-refractivity contribution in [3.05, 3.63) is 146 Å². The monoisotopic (exact) mass is 528 g/mol. The molecule has 42 heavy (non-hydrogen) atoms. The Labute approximate surface area is 242 Å². The van der Waals surface area contributed by atoms with Gasteiger partial charge in [-0.05, 0) is 110 Å². The highest BCUT2D eigenvalue weighted by Crippen LogP contribution is 2.42. The van der Waals surface area contributed by atoms with Gasteiger partial charge in [0.25, 0.3) is 0 Å². The van der Waals surface area contributed by atoms with Crippen molar-refractivity contribution >= 4 is 75.4 Å². The van der Waals surface area contributed by atoms with Gasteiger partial charge in [-0.1, -0.05) is 133 Å². The van der Waals surface area contributed by atoms with Gasteiger partial charge in [0, 0.05) is 0 Å². The number of fused-ring (bicyclic) bond motifs is 1. The van der Waals surface area contributed by atoms with Gasteiger partial charge in [-0.2, -0.15) is 0 Å². The summed E-state index contributed by atoms with van der Waals surface area (Å²) in [6.45, 7) is 0. The third kappa shape index (κ3) is 2.96. The smallest absolute Gasteiger partial charge is 0.00206 e. The van der Waals surface area contributed by atoms with E-state index in [1.165, 1.54) is 97.7 Å². The molecule has 0 radical (unpaired) electrons. The van der Waals surface area contributed by atoms with Crippen LogP contribution in [0.3, 0.4) is 0 Å². The Kier molecular flexibility index (Phi) is 4.27. The number of hydrogen-bond acceptors (Lipinski definition) is 0. The molecule has 10 aromatic carbocycles. The van der Waals surface area contributed by atoms with Gasteiger partial charge in [0.2, 0.25) is 0 Å². The van der Waals surface area contributed by atoms with Gasteiger partial charge in [-0.3, -0.25) is 0 Å². The quantitative estimate of drug-likeness (QED) is 0.196. The van der Waals surface area contributed by atoms with Crippen LogP contribution < -0.4 is 0 Å². The standard InChI is InChI=1S/C42H24/c1-3-25-7-9-29-15-19-35(37-21-17-27(5-1)39(25)41(29)37)33-13-11-32-24-34(14-12-31(32)23-33)36-20-16-30-10-8-26-4-2-6-28-18-22-38(36)42(30)40(26)28/h1-24H. The Bertz CT molecular complexity index is 2450. The van der Waals surface area contributed by atoms with Crippen LogP contribution in [0.25, 0.3) is 97.7 Å². The maximum Gasteiger partial charge on any atom is -0.00206 e. The Morgan fingerprint density at radius 1 is 0.238 bits per heavy atom. The fourth-order valence-corrected chi connectivity index (χ4v) is 7.55. The van der Waals surface area contributed by atoms with E-state index in [4.69, 9.17) is 0 Å². The average Bonchev–Trinajstić information content (AvgIpc) is 3.05. The van der Waals surface area contributed by atoms with E-state index in [-0.39, 0.29) is 0 Å². The lowest BCUT2D eigenvalue weighted by molar-refractivity contribution is 1.68. The number of rotatable bonds is 2. The molecule has 0 atom stereocenters. The third-order valence-electron chi connectivity index (χ3n) is 9.52. The molecule has 0 unspecified atom stereocenters. The highest BCUT2D eigenvalue weighted by Gasteiger charge is 2.14. The second-order valence-electron chi connectivity index (χ2n) is 11.7. The lowest BCUT2D eigenvalue weighted by Gasteiger charge is -2.15. The Morgan fingerprint density at radius 2 is 0.571 bits per heavy atom. The first-order valence-corrected chi connectivity index (χ1v) is 14.7. The van der Waals surface area contributed by atoms with Crippen molar-refractivity contribution in [2.45, 2.75) is 0 Å². The molecule has 0 aliphatic rings. The summed E-state index contributed by atoms with van der Waals surface area (Å²) in [5.41, 5.74) is 5.10. The number of benzene rings is 10.